The quantitative estimate of drug-likeness (QED) is 0.562. The van der Waals surface area contributed by atoms with Gasteiger partial charge in [0, 0.05) is 36.4 Å². The van der Waals surface area contributed by atoms with Crippen LogP contribution in [0.25, 0.3) is 0 Å². The molecular weight excluding hydrogens is 460 g/mol. The van der Waals surface area contributed by atoms with Crippen molar-refractivity contribution < 1.29 is 4.79 Å². The van der Waals surface area contributed by atoms with Crippen molar-refractivity contribution >= 4 is 34.8 Å². The van der Waals surface area contributed by atoms with Crippen molar-refractivity contribution in [2.24, 2.45) is 11.1 Å². The van der Waals surface area contributed by atoms with Crippen LogP contribution in [0.5, 0.6) is 0 Å². The van der Waals surface area contributed by atoms with E-state index >= 15 is 0 Å². The minimum absolute atomic E-state index is 0.0675. The summed E-state index contributed by atoms with van der Waals surface area (Å²) in [6.45, 7) is 2.27. The van der Waals surface area contributed by atoms with Crippen LogP contribution in [0.4, 0.5) is 17.3 Å². The van der Waals surface area contributed by atoms with Gasteiger partial charge in [0.25, 0.3) is 5.91 Å². The first kappa shape index (κ1) is 22.3. The topological polar surface area (TPSA) is 101 Å². The number of rotatable bonds is 2. The van der Waals surface area contributed by atoms with Crippen LogP contribution in [-0.2, 0) is 12.8 Å². The third-order valence-electron chi connectivity index (χ3n) is 8.10. The number of carbonyl (C=O) groups excluding carboxylic acids is 1. The van der Waals surface area contributed by atoms with Crippen LogP contribution in [0.1, 0.15) is 52.5 Å². The number of piperidine rings is 1. The zero-order valence-corrected chi connectivity index (χ0v) is 20.3. The first-order chi connectivity index (χ1) is 17.0. The van der Waals surface area contributed by atoms with E-state index in [1.807, 2.05) is 18.2 Å². The molecule has 1 fully saturated rings. The Morgan fingerprint density at radius 2 is 1.89 bits per heavy atom. The summed E-state index contributed by atoms with van der Waals surface area (Å²) in [6.07, 6.45) is 6.36. The molecule has 3 aliphatic rings. The largest absolute Gasteiger partial charge is 0.382 e. The van der Waals surface area contributed by atoms with Gasteiger partial charge in [-0.25, -0.2) is 9.97 Å². The van der Waals surface area contributed by atoms with Crippen LogP contribution in [0.2, 0.25) is 5.02 Å². The number of nitrogen functional groups attached to an aromatic ring is 1. The maximum atomic E-state index is 13.4. The lowest BCUT2D eigenvalue weighted by atomic mass is 9.73. The number of carbonyl (C=O) groups is 1. The molecule has 4 N–H and O–H groups in total. The molecule has 0 saturated carbocycles. The van der Waals surface area contributed by atoms with Crippen LogP contribution in [-0.4, -0.2) is 35.5 Å². The summed E-state index contributed by atoms with van der Waals surface area (Å²) in [5.74, 6) is 0.629. The summed E-state index contributed by atoms with van der Waals surface area (Å²) in [5.41, 5.74) is 17.8. The van der Waals surface area contributed by atoms with E-state index in [4.69, 9.17) is 23.1 Å². The Labute approximate surface area is 210 Å². The van der Waals surface area contributed by atoms with E-state index in [1.54, 1.807) is 11.1 Å². The summed E-state index contributed by atoms with van der Waals surface area (Å²) in [6, 6.07) is 14.2. The van der Waals surface area contributed by atoms with Crippen molar-refractivity contribution in [2.75, 3.05) is 35.2 Å². The number of benzene rings is 2. The van der Waals surface area contributed by atoms with E-state index in [9.17, 15) is 4.79 Å². The SMILES string of the molecule is Nc1nc(N2CCC3(CC2)Cc2ccccc2C3N)cnc1C(=O)N1CCCc2c(Cl)cccc21. The Hall–Kier alpha value is -3.16. The molecule has 7 nitrogen and oxygen atoms in total. The summed E-state index contributed by atoms with van der Waals surface area (Å²) >= 11 is 6.37. The number of hydrogen-bond donors (Lipinski definition) is 2. The zero-order chi connectivity index (χ0) is 24.2. The fraction of sp³-hybridized carbons (Fsp3) is 0.370. The molecule has 3 aromatic rings. The van der Waals surface area contributed by atoms with Crippen LogP contribution in [0.3, 0.4) is 0 Å². The van der Waals surface area contributed by atoms with Crippen LogP contribution < -0.4 is 21.3 Å². The van der Waals surface area contributed by atoms with Crippen LogP contribution >= 0.6 is 11.6 Å². The first-order valence-electron chi connectivity index (χ1n) is 12.3. The minimum atomic E-state index is -0.239. The van der Waals surface area contributed by atoms with Gasteiger partial charge in [-0.15, -0.1) is 0 Å². The number of anilines is 3. The van der Waals surface area contributed by atoms with Gasteiger partial charge in [-0.05, 0) is 66.3 Å². The molecule has 1 aliphatic carbocycles. The smallest absolute Gasteiger partial charge is 0.280 e. The van der Waals surface area contributed by atoms with Gasteiger partial charge in [-0.3, -0.25) is 4.79 Å². The molecule has 0 bridgehead atoms. The lowest BCUT2D eigenvalue weighted by Gasteiger charge is -2.42. The fourth-order valence-corrected chi connectivity index (χ4v) is 6.38. The number of fused-ring (bicyclic) bond motifs is 2. The van der Waals surface area contributed by atoms with E-state index in [-0.39, 0.29) is 28.9 Å². The van der Waals surface area contributed by atoms with E-state index in [0.717, 1.165) is 56.4 Å². The van der Waals surface area contributed by atoms with Gasteiger partial charge in [0.1, 0.15) is 5.82 Å². The molecule has 0 radical (unpaired) electrons. The normalized spacial score (nSPS) is 20.6. The molecule has 3 heterocycles. The summed E-state index contributed by atoms with van der Waals surface area (Å²) in [4.78, 5) is 26.4. The second-order valence-corrected chi connectivity index (χ2v) is 10.4. The maximum absolute atomic E-state index is 13.4. The van der Waals surface area contributed by atoms with Gasteiger partial charge < -0.3 is 21.3 Å². The van der Waals surface area contributed by atoms with Gasteiger partial charge >= 0.3 is 0 Å². The Balaban J connectivity index is 1.19. The highest BCUT2D eigenvalue weighted by Crippen LogP contribution is 2.50. The number of halogens is 1. The van der Waals surface area contributed by atoms with Gasteiger partial charge in [0.15, 0.2) is 11.5 Å². The van der Waals surface area contributed by atoms with Crippen molar-refractivity contribution in [1.82, 2.24) is 9.97 Å². The van der Waals surface area contributed by atoms with Gasteiger partial charge in [-0.1, -0.05) is 41.9 Å². The lowest BCUT2D eigenvalue weighted by Crippen LogP contribution is -2.44. The summed E-state index contributed by atoms with van der Waals surface area (Å²) in [7, 11) is 0. The van der Waals surface area contributed by atoms with Gasteiger partial charge in [-0.2, -0.15) is 0 Å². The van der Waals surface area contributed by atoms with E-state index < -0.39 is 0 Å². The van der Waals surface area contributed by atoms with Gasteiger partial charge in [0.05, 0.1) is 6.20 Å². The lowest BCUT2D eigenvalue weighted by molar-refractivity contribution is 0.0981. The average molecular weight is 489 g/mol. The van der Waals surface area contributed by atoms with Crippen LogP contribution in [0.15, 0.2) is 48.7 Å². The van der Waals surface area contributed by atoms with Crippen molar-refractivity contribution in [2.45, 2.75) is 38.1 Å². The second kappa shape index (κ2) is 8.50. The van der Waals surface area contributed by atoms with E-state index in [2.05, 4.69) is 39.1 Å². The number of hydrogen-bond acceptors (Lipinski definition) is 6. The molecular formula is C27H29ClN6O. The van der Waals surface area contributed by atoms with E-state index in [1.165, 1.54) is 11.1 Å². The van der Waals surface area contributed by atoms with Crippen molar-refractivity contribution in [3.8, 4) is 0 Å². The number of aromatic nitrogens is 2. The number of nitrogens with two attached hydrogens (primary N) is 2. The molecule has 1 unspecified atom stereocenters. The molecule has 1 aromatic heterocycles. The van der Waals surface area contributed by atoms with Crippen molar-refractivity contribution in [3.63, 3.8) is 0 Å². The van der Waals surface area contributed by atoms with Crippen LogP contribution in [0, 0.1) is 5.41 Å². The third-order valence-corrected chi connectivity index (χ3v) is 8.46. The predicted octanol–water partition coefficient (Wildman–Crippen LogP) is 4.15. The van der Waals surface area contributed by atoms with Crippen molar-refractivity contribution in [3.05, 3.63) is 76.1 Å². The monoisotopic (exact) mass is 488 g/mol. The highest BCUT2D eigenvalue weighted by atomic mass is 35.5. The molecule has 1 saturated heterocycles. The summed E-state index contributed by atoms with van der Waals surface area (Å²) < 4.78 is 0. The van der Waals surface area contributed by atoms with Gasteiger partial charge in [0.2, 0.25) is 0 Å². The standard InChI is InChI=1S/C27H29ClN6O/c28-20-8-3-9-21-19(20)7-4-12-34(21)26(35)23-25(30)32-22(16-31-23)33-13-10-27(11-14-33)15-17-5-1-2-6-18(17)24(27)29/h1-3,5-6,8-9,16,24H,4,7,10-15,29H2,(H2,30,32). The average Bonchev–Trinajstić information content (AvgIpc) is 3.15. The fourth-order valence-electron chi connectivity index (χ4n) is 6.12. The number of amides is 1. The molecule has 8 heteroatoms. The Bertz CT molecular complexity index is 1300. The highest BCUT2D eigenvalue weighted by Gasteiger charge is 2.46. The Morgan fingerprint density at radius 3 is 2.66 bits per heavy atom. The molecule has 2 aliphatic heterocycles. The molecule has 180 valence electrons. The predicted molar refractivity (Wildman–Crippen MR) is 139 cm³/mol. The maximum Gasteiger partial charge on any atom is 0.280 e. The molecule has 35 heavy (non-hydrogen) atoms. The van der Waals surface area contributed by atoms with Crippen molar-refractivity contribution in [1.29, 1.82) is 0 Å². The molecule has 1 atom stereocenters. The molecule has 1 spiro atoms. The minimum Gasteiger partial charge on any atom is -0.382 e. The zero-order valence-electron chi connectivity index (χ0n) is 19.6. The molecule has 1 amide bonds. The molecule has 2 aromatic carbocycles. The number of nitrogens with zero attached hydrogens (tertiary/aromatic N) is 4. The summed E-state index contributed by atoms with van der Waals surface area (Å²) in [5, 5.41) is 0.683. The molecule has 6 rings (SSSR count). The second-order valence-electron chi connectivity index (χ2n) is 9.96. The first-order valence-corrected chi connectivity index (χ1v) is 12.6. The highest BCUT2D eigenvalue weighted by molar-refractivity contribution is 6.32. The third kappa shape index (κ3) is 3.65. The Morgan fingerprint density at radius 1 is 1.09 bits per heavy atom. The Kier molecular flexibility index (Phi) is 5.42. The van der Waals surface area contributed by atoms with E-state index in [0.29, 0.717) is 17.4 Å².